The highest BCUT2D eigenvalue weighted by Gasteiger charge is 2.35. The minimum atomic E-state index is -1.43. The van der Waals surface area contributed by atoms with E-state index in [2.05, 4.69) is 16.0 Å². The van der Waals surface area contributed by atoms with Gasteiger partial charge in [-0.15, -0.1) is 0 Å². The molecular formula is C32H52N4O7. The van der Waals surface area contributed by atoms with E-state index in [9.17, 15) is 24.6 Å². The van der Waals surface area contributed by atoms with E-state index in [-0.39, 0.29) is 18.9 Å². The van der Waals surface area contributed by atoms with Gasteiger partial charge in [-0.3, -0.25) is 19.3 Å². The van der Waals surface area contributed by atoms with Crippen LogP contribution < -0.4 is 20.7 Å². The van der Waals surface area contributed by atoms with Crippen LogP contribution >= 0.6 is 0 Å². The maximum absolute atomic E-state index is 13.8. The minimum Gasteiger partial charge on any atom is -0.497 e. The average molecular weight is 605 g/mol. The summed E-state index contributed by atoms with van der Waals surface area (Å²) in [6.45, 7) is 7.22. The largest absolute Gasteiger partial charge is 0.497 e. The monoisotopic (exact) mass is 604 g/mol. The number of carbonyl (C=O) groups is 3. The molecule has 1 aliphatic carbocycles. The fourth-order valence-electron chi connectivity index (χ4n) is 5.79. The number of methoxy groups -OCH3 is 1. The van der Waals surface area contributed by atoms with Crippen molar-refractivity contribution in [3.05, 3.63) is 29.8 Å². The van der Waals surface area contributed by atoms with Gasteiger partial charge >= 0.3 is 0 Å². The van der Waals surface area contributed by atoms with Gasteiger partial charge in [0.15, 0.2) is 0 Å². The number of hydrogen-bond donors (Lipinski definition) is 5. The Bertz CT molecular complexity index is 1020. The number of hydrogen-bond acceptors (Lipinski definition) is 8. The van der Waals surface area contributed by atoms with E-state index in [1.54, 1.807) is 26.2 Å². The number of carbonyl (C=O) groups excluding carboxylic acids is 3. The standard InChI is InChI=1S/C32H52N4O7/c1-22(33-28(37)21-36-16-18-43-19-17-36)30(39)35-27(20-24-10-13-25(42-4)14-11-24)31(40)34-26(29(38)32(2,3)41)15-12-23-8-6-5-7-9-23/h10-11,13-14,22-23,26-27,29,38,41H,5-9,12,15-21H2,1-4H3,(H,33,37)(H,34,40)(H,35,39)/t22-,26-,27-,29+/m0/s1. The molecule has 0 aromatic heterocycles. The van der Waals surface area contributed by atoms with Gasteiger partial charge in [0.1, 0.15) is 23.9 Å². The van der Waals surface area contributed by atoms with Crippen LogP contribution in [0.2, 0.25) is 0 Å². The lowest BCUT2D eigenvalue weighted by Gasteiger charge is -2.34. The van der Waals surface area contributed by atoms with Crippen LogP contribution in [0.25, 0.3) is 0 Å². The zero-order valence-corrected chi connectivity index (χ0v) is 26.3. The minimum absolute atomic E-state index is 0.161. The molecule has 242 valence electrons. The van der Waals surface area contributed by atoms with E-state index in [0.717, 1.165) is 24.8 Å². The van der Waals surface area contributed by atoms with Crippen molar-refractivity contribution in [3.63, 3.8) is 0 Å². The molecule has 1 aliphatic heterocycles. The highest BCUT2D eigenvalue weighted by molar-refractivity contribution is 5.92. The summed E-state index contributed by atoms with van der Waals surface area (Å²) in [5.74, 6) is -0.0455. The van der Waals surface area contributed by atoms with E-state index < -0.39 is 41.6 Å². The van der Waals surface area contributed by atoms with Gasteiger partial charge in [-0.25, -0.2) is 0 Å². The van der Waals surface area contributed by atoms with Crippen molar-refractivity contribution in [2.45, 2.75) is 102 Å². The van der Waals surface area contributed by atoms with Crippen molar-refractivity contribution in [1.29, 1.82) is 0 Å². The summed E-state index contributed by atoms with van der Waals surface area (Å²) in [6.07, 6.45) is 6.20. The van der Waals surface area contributed by atoms with E-state index >= 15 is 0 Å². The lowest BCUT2D eigenvalue weighted by Crippen LogP contribution is -2.59. The number of amides is 3. The molecule has 1 heterocycles. The van der Waals surface area contributed by atoms with Gasteiger partial charge in [0, 0.05) is 19.5 Å². The SMILES string of the molecule is COc1ccc(C[C@H](NC(=O)[C@H](C)NC(=O)CN2CCOCC2)C(=O)N[C@@H](CCC2CCCCC2)[C@@H](O)C(C)(C)O)cc1. The molecule has 0 bridgehead atoms. The third kappa shape index (κ3) is 11.7. The second kappa shape index (κ2) is 16.9. The second-order valence-electron chi connectivity index (χ2n) is 12.6. The number of benzene rings is 1. The third-order valence-electron chi connectivity index (χ3n) is 8.52. The van der Waals surface area contributed by atoms with Gasteiger partial charge in [0.25, 0.3) is 0 Å². The molecule has 1 aromatic rings. The van der Waals surface area contributed by atoms with Gasteiger partial charge in [-0.1, -0.05) is 44.2 Å². The normalized spacial score (nSPS) is 19.5. The number of nitrogens with one attached hydrogen (secondary N) is 3. The van der Waals surface area contributed by atoms with Crippen molar-refractivity contribution in [1.82, 2.24) is 20.9 Å². The predicted octanol–water partition coefficient (Wildman–Crippen LogP) is 1.54. The van der Waals surface area contributed by atoms with Crippen molar-refractivity contribution in [2.24, 2.45) is 5.92 Å². The molecule has 1 saturated heterocycles. The van der Waals surface area contributed by atoms with Crippen molar-refractivity contribution in [3.8, 4) is 5.75 Å². The quantitative estimate of drug-likeness (QED) is 0.202. The summed E-state index contributed by atoms with van der Waals surface area (Å²) in [5.41, 5.74) is -0.634. The Labute approximate surface area is 256 Å². The lowest BCUT2D eigenvalue weighted by molar-refractivity contribution is -0.133. The summed E-state index contributed by atoms with van der Waals surface area (Å²) in [4.78, 5) is 41.6. The first-order valence-corrected chi connectivity index (χ1v) is 15.7. The van der Waals surface area contributed by atoms with E-state index in [1.165, 1.54) is 33.1 Å². The molecule has 5 N–H and O–H groups in total. The first-order chi connectivity index (χ1) is 20.5. The molecule has 0 radical (unpaired) electrons. The molecule has 11 heteroatoms. The maximum atomic E-state index is 13.8. The summed E-state index contributed by atoms with van der Waals surface area (Å²) in [5, 5.41) is 30.1. The molecule has 3 amide bonds. The Morgan fingerprint density at radius 1 is 1.02 bits per heavy atom. The predicted molar refractivity (Wildman–Crippen MR) is 164 cm³/mol. The summed E-state index contributed by atoms with van der Waals surface area (Å²) in [6, 6.07) is 4.66. The van der Waals surface area contributed by atoms with Gasteiger partial charge in [0.2, 0.25) is 17.7 Å². The van der Waals surface area contributed by atoms with Crippen LogP contribution in [-0.2, 0) is 25.5 Å². The van der Waals surface area contributed by atoms with Crippen LogP contribution in [0.4, 0.5) is 0 Å². The van der Waals surface area contributed by atoms with Gasteiger partial charge in [0.05, 0.1) is 38.5 Å². The molecule has 0 spiro atoms. The Kier molecular flexibility index (Phi) is 13.7. The lowest BCUT2D eigenvalue weighted by atomic mass is 9.83. The van der Waals surface area contributed by atoms with E-state index in [4.69, 9.17) is 9.47 Å². The van der Waals surface area contributed by atoms with Crippen LogP contribution in [0.5, 0.6) is 5.75 Å². The van der Waals surface area contributed by atoms with Gasteiger partial charge in [-0.2, -0.15) is 0 Å². The Morgan fingerprint density at radius 3 is 2.28 bits per heavy atom. The molecule has 1 saturated carbocycles. The average Bonchev–Trinajstić information content (AvgIpc) is 2.99. The van der Waals surface area contributed by atoms with Crippen LogP contribution in [0.3, 0.4) is 0 Å². The van der Waals surface area contributed by atoms with E-state index in [0.29, 0.717) is 44.4 Å². The third-order valence-corrected chi connectivity index (χ3v) is 8.52. The number of aliphatic hydroxyl groups is 2. The molecule has 4 atom stereocenters. The van der Waals surface area contributed by atoms with Gasteiger partial charge < -0.3 is 35.6 Å². The smallest absolute Gasteiger partial charge is 0.243 e. The zero-order valence-electron chi connectivity index (χ0n) is 26.3. The van der Waals surface area contributed by atoms with Crippen molar-refractivity contribution in [2.75, 3.05) is 40.0 Å². The van der Waals surface area contributed by atoms with Crippen LogP contribution in [-0.4, -0.2) is 103 Å². The fourth-order valence-corrected chi connectivity index (χ4v) is 5.79. The number of morpholine rings is 1. The Balaban J connectivity index is 1.70. The van der Waals surface area contributed by atoms with Crippen molar-refractivity contribution >= 4 is 17.7 Å². The highest BCUT2D eigenvalue weighted by Crippen LogP contribution is 2.29. The summed E-state index contributed by atoms with van der Waals surface area (Å²) < 4.78 is 10.6. The Morgan fingerprint density at radius 2 is 1.67 bits per heavy atom. The maximum Gasteiger partial charge on any atom is 0.243 e. The van der Waals surface area contributed by atoms with Crippen molar-refractivity contribution < 1.29 is 34.1 Å². The Hall–Kier alpha value is -2.73. The molecule has 1 aromatic carbocycles. The van der Waals surface area contributed by atoms with Crippen LogP contribution in [0.15, 0.2) is 24.3 Å². The summed E-state index contributed by atoms with van der Waals surface area (Å²) in [7, 11) is 1.57. The number of ether oxygens (including phenoxy) is 2. The molecular weight excluding hydrogens is 552 g/mol. The van der Waals surface area contributed by atoms with Gasteiger partial charge in [-0.05, 0) is 57.2 Å². The molecule has 0 unspecified atom stereocenters. The molecule has 3 rings (SSSR count). The molecule has 11 nitrogen and oxygen atoms in total. The van der Waals surface area contributed by atoms with E-state index in [1.807, 2.05) is 17.0 Å². The zero-order chi connectivity index (χ0) is 31.4. The highest BCUT2D eigenvalue weighted by atomic mass is 16.5. The fraction of sp³-hybridized carbons (Fsp3) is 0.719. The summed E-state index contributed by atoms with van der Waals surface area (Å²) >= 11 is 0. The van der Waals surface area contributed by atoms with Crippen LogP contribution in [0, 0.1) is 5.92 Å². The second-order valence-corrected chi connectivity index (χ2v) is 12.6. The number of rotatable bonds is 15. The molecule has 43 heavy (non-hydrogen) atoms. The number of nitrogens with zero attached hydrogens (tertiary/aromatic N) is 1. The molecule has 2 fully saturated rings. The number of aliphatic hydroxyl groups excluding tert-OH is 1. The first-order valence-electron chi connectivity index (χ1n) is 15.7. The molecule has 2 aliphatic rings. The topological polar surface area (TPSA) is 149 Å². The first kappa shape index (κ1) is 34.8. The van der Waals surface area contributed by atoms with Crippen LogP contribution in [0.1, 0.15) is 71.3 Å².